The highest BCUT2D eigenvalue weighted by Gasteiger charge is 2.37. The van der Waals surface area contributed by atoms with Gasteiger partial charge in [-0.25, -0.2) is 23.1 Å². The first-order valence-electron chi connectivity index (χ1n) is 13.5. The van der Waals surface area contributed by atoms with E-state index in [-0.39, 0.29) is 17.3 Å². The van der Waals surface area contributed by atoms with E-state index in [0.29, 0.717) is 5.82 Å². The molecule has 0 aliphatic heterocycles. The molecule has 206 valence electrons. The van der Waals surface area contributed by atoms with E-state index >= 15 is 0 Å². The topological polar surface area (TPSA) is 122 Å². The lowest BCUT2D eigenvalue weighted by molar-refractivity contribution is 0.387. The molecule has 2 heterocycles. The Bertz CT molecular complexity index is 1470. The van der Waals surface area contributed by atoms with Gasteiger partial charge in [-0.1, -0.05) is 42.5 Å². The highest BCUT2D eigenvalue weighted by atomic mass is 32.2. The number of allylic oxidation sites excluding steroid dienone is 2. The summed E-state index contributed by atoms with van der Waals surface area (Å²) in [6.45, 7) is 4.04. The molecule has 39 heavy (non-hydrogen) atoms. The van der Waals surface area contributed by atoms with Crippen LogP contribution in [0.25, 0.3) is 27.5 Å². The van der Waals surface area contributed by atoms with Crippen LogP contribution < -0.4 is 10.0 Å². The molecule has 2 aliphatic rings. The number of nitrogens with zero attached hydrogens (tertiary/aromatic N) is 5. The fourth-order valence-electron chi connectivity index (χ4n) is 4.89. The van der Waals surface area contributed by atoms with E-state index in [2.05, 4.69) is 50.4 Å². The van der Waals surface area contributed by atoms with Crippen LogP contribution in [-0.4, -0.2) is 59.2 Å². The van der Waals surface area contributed by atoms with Gasteiger partial charge in [0.2, 0.25) is 10.0 Å². The van der Waals surface area contributed by atoms with Crippen molar-refractivity contribution in [1.82, 2.24) is 24.9 Å². The Kier molecular flexibility index (Phi) is 8.49. The van der Waals surface area contributed by atoms with Crippen LogP contribution >= 0.6 is 11.3 Å². The molecular formula is C28H35N7O2S2. The zero-order valence-electron chi connectivity index (χ0n) is 22.6. The van der Waals surface area contributed by atoms with Crippen molar-refractivity contribution in [3.05, 3.63) is 47.1 Å². The highest BCUT2D eigenvalue weighted by molar-refractivity contribution is 7.90. The van der Waals surface area contributed by atoms with E-state index in [1.165, 1.54) is 11.3 Å². The van der Waals surface area contributed by atoms with Crippen LogP contribution in [0, 0.1) is 6.92 Å². The van der Waals surface area contributed by atoms with Crippen LogP contribution in [0.3, 0.4) is 0 Å². The fourth-order valence-corrected chi connectivity index (χ4v) is 7.24. The van der Waals surface area contributed by atoms with Gasteiger partial charge < -0.3 is 5.32 Å². The third-order valence-corrected chi connectivity index (χ3v) is 9.94. The Morgan fingerprint density at radius 1 is 1.13 bits per heavy atom. The molecule has 0 unspecified atom stereocenters. The second-order valence-corrected chi connectivity index (χ2v) is 13.3. The Hall–Kier alpha value is -3.02. The van der Waals surface area contributed by atoms with E-state index in [4.69, 9.17) is 9.97 Å². The molecule has 0 atom stereocenters. The number of hydrogen-bond donors (Lipinski definition) is 2. The second kappa shape index (κ2) is 12.0. The number of sulfonamides is 1. The first-order chi connectivity index (χ1) is 18.9. The third-order valence-electron chi connectivity index (χ3n) is 7.05. The largest absolute Gasteiger partial charge is 0.367 e. The molecule has 2 fully saturated rings. The normalized spacial score (nSPS) is 20.4. The summed E-state index contributed by atoms with van der Waals surface area (Å²) in [5.41, 5.74) is 3.87. The fraction of sp³-hybridized carbons (Fsp3) is 0.464. The summed E-state index contributed by atoms with van der Waals surface area (Å²) in [6.07, 6.45) is 11.6. The minimum Gasteiger partial charge on any atom is -0.367 e. The molecule has 2 aromatic heterocycles. The molecule has 2 saturated carbocycles. The molecule has 1 aromatic carbocycles. The Morgan fingerprint density at radius 2 is 1.90 bits per heavy atom. The van der Waals surface area contributed by atoms with Crippen LogP contribution in [0.1, 0.15) is 62.4 Å². The molecule has 3 aromatic rings. The van der Waals surface area contributed by atoms with Crippen molar-refractivity contribution < 1.29 is 8.42 Å². The van der Waals surface area contributed by atoms with Gasteiger partial charge in [0.25, 0.3) is 0 Å². The van der Waals surface area contributed by atoms with Crippen molar-refractivity contribution in [3.8, 4) is 22.0 Å². The first-order valence-corrected chi connectivity index (χ1v) is 15.9. The average Bonchev–Trinajstić information content (AvgIpc) is 3.72. The number of anilines is 1. The molecule has 0 saturated heterocycles. The lowest BCUT2D eigenvalue weighted by Gasteiger charge is -2.30. The van der Waals surface area contributed by atoms with Crippen LogP contribution in [0.5, 0.6) is 0 Å². The smallest absolute Gasteiger partial charge is 0.214 e. The average molecular weight is 566 g/mol. The van der Waals surface area contributed by atoms with Crippen LogP contribution in [-0.2, 0) is 10.0 Å². The molecule has 2 N–H and O–H groups in total. The predicted octanol–water partition coefficient (Wildman–Crippen LogP) is 5.27. The summed E-state index contributed by atoms with van der Waals surface area (Å²) in [5, 5.41) is 13.6. The molecule has 5 rings (SSSR count). The standard InChI is InChI=1S/C28H35N7O2S2/c1-4-6-21(16-29-3)19-7-5-8-20(15-19)26-30-17-25(28-34-33-18(2)38-28)27(32-26)31-22-9-11-23(12-10-22)35-39(36,37)24-13-14-24/h5-8,15-17,22-24,35H,4,9-14H2,1-3H3,(H,30,31,32)/b21-6+,29-16-. The first kappa shape index (κ1) is 27.5. The van der Waals surface area contributed by atoms with Gasteiger partial charge in [0, 0.05) is 37.1 Å². The van der Waals surface area contributed by atoms with Crippen LogP contribution in [0.2, 0.25) is 0 Å². The van der Waals surface area contributed by atoms with Crippen molar-refractivity contribution in [2.24, 2.45) is 4.99 Å². The predicted molar refractivity (Wildman–Crippen MR) is 159 cm³/mol. The van der Waals surface area contributed by atoms with Crippen LogP contribution in [0.15, 0.2) is 41.5 Å². The molecule has 11 heteroatoms. The van der Waals surface area contributed by atoms with Gasteiger partial charge in [0.05, 0.1) is 10.8 Å². The molecule has 9 nitrogen and oxygen atoms in total. The van der Waals surface area contributed by atoms with Crippen molar-refractivity contribution in [3.63, 3.8) is 0 Å². The minimum atomic E-state index is -3.17. The number of rotatable bonds is 10. The number of benzene rings is 1. The van der Waals surface area contributed by atoms with E-state index in [1.54, 1.807) is 7.05 Å². The summed E-state index contributed by atoms with van der Waals surface area (Å²) in [7, 11) is -1.40. The molecule has 0 radical (unpaired) electrons. The summed E-state index contributed by atoms with van der Waals surface area (Å²) < 4.78 is 27.7. The van der Waals surface area contributed by atoms with Crippen molar-refractivity contribution in [2.75, 3.05) is 12.4 Å². The molecule has 0 amide bonds. The third kappa shape index (κ3) is 6.77. The number of aryl methyl sites for hydroxylation is 1. The Morgan fingerprint density at radius 3 is 2.56 bits per heavy atom. The number of nitrogens with one attached hydrogen (secondary N) is 2. The maximum Gasteiger partial charge on any atom is 0.214 e. The molecule has 0 bridgehead atoms. The van der Waals surface area contributed by atoms with E-state index in [0.717, 1.165) is 83.0 Å². The second-order valence-electron chi connectivity index (χ2n) is 10.2. The maximum atomic E-state index is 12.4. The van der Waals surface area contributed by atoms with E-state index in [1.807, 2.05) is 31.5 Å². The van der Waals surface area contributed by atoms with E-state index in [9.17, 15) is 8.42 Å². The quantitative estimate of drug-likeness (QED) is 0.321. The summed E-state index contributed by atoms with van der Waals surface area (Å²) in [5.74, 6) is 1.35. The molecular weight excluding hydrogens is 530 g/mol. The van der Waals surface area contributed by atoms with Gasteiger partial charge in [0.15, 0.2) is 10.8 Å². The lowest BCUT2D eigenvalue weighted by Crippen LogP contribution is -2.41. The summed E-state index contributed by atoms with van der Waals surface area (Å²) in [4.78, 5) is 13.9. The van der Waals surface area contributed by atoms with Gasteiger partial charge in [0.1, 0.15) is 10.8 Å². The van der Waals surface area contributed by atoms with Crippen molar-refractivity contribution in [1.29, 1.82) is 0 Å². The summed E-state index contributed by atoms with van der Waals surface area (Å²) >= 11 is 1.51. The molecule has 0 spiro atoms. The zero-order valence-corrected chi connectivity index (χ0v) is 24.2. The van der Waals surface area contributed by atoms with Gasteiger partial charge in [-0.3, -0.25) is 4.99 Å². The van der Waals surface area contributed by atoms with Crippen molar-refractivity contribution >= 4 is 39.0 Å². The zero-order chi connectivity index (χ0) is 27.4. The Labute approximate surface area is 234 Å². The SMILES string of the molecule is CC/C=C(\C=N/C)c1cccc(-c2ncc(-c3nnc(C)s3)c(NC3CCC(NS(=O)(=O)C4CC4)CC3)n2)c1. The summed E-state index contributed by atoms with van der Waals surface area (Å²) in [6, 6.07) is 8.36. The number of hydrogen-bond acceptors (Lipinski definition) is 9. The van der Waals surface area contributed by atoms with Gasteiger partial charge in [-0.15, -0.1) is 10.2 Å². The molecule has 2 aliphatic carbocycles. The van der Waals surface area contributed by atoms with E-state index < -0.39 is 10.0 Å². The van der Waals surface area contributed by atoms with Gasteiger partial charge in [-0.2, -0.15) is 0 Å². The van der Waals surface area contributed by atoms with Crippen LogP contribution in [0.4, 0.5) is 5.82 Å². The lowest BCUT2D eigenvalue weighted by atomic mass is 9.92. The number of aromatic nitrogens is 4. The Balaban J connectivity index is 1.39. The monoisotopic (exact) mass is 565 g/mol. The highest BCUT2D eigenvalue weighted by Crippen LogP contribution is 2.34. The number of aliphatic imine (C=N–C) groups is 1. The maximum absolute atomic E-state index is 12.4. The minimum absolute atomic E-state index is 0.000311. The van der Waals surface area contributed by atoms with Gasteiger partial charge >= 0.3 is 0 Å². The van der Waals surface area contributed by atoms with Gasteiger partial charge in [-0.05, 0) is 69.1 Å². The van der Waals surface area contributed by atoms with Crippen molar-refractivity contribution in [2.45, 2.75) is 76.1 Å².